The summed E-state index contributed by atoms with van der Waals surface area (Å²) in [5.41, 5.74) is 2.80. The van der Waals surface area contributed by atoms with E-state index in [-0.39, 0.29) is 5.41 Å². The summed E-state index contributed by atoms with van der Waals surface area (Å²) < 4.78 is 6.43. The molecule has 0 aliphatic heterocycles. The van der Waals surface area contributed by atoms with Crippen LogP contribution in [0.4, 0.5) is 0 Å². The van der Waals surface area contributed by atoms with E-state index in [1.165, 1.54) is 5.57 Å². The number of allylic oxidation sites excluding steroid dienone is 2. The zero-order valence-corrected chi connectivity index (χ0v) is 18.5. The quantitative estimate of drug-likeness (QED) is 0.172. The van der Waals surface area contributed by atoms with Gasteiger partial charge in [0.1, 0.15) is 0 Å². The standard InChI is InChI=1S/C22H40OSi/c1-11-12-13-14-22(10,17-18(2)3)15-16-23-24(19(4)5,20(6)7)21(8)9/h11,19-21H,1-2,12-14,17H2,3-10H3. The van der Waals surface area contributed by atoms with Gasteiger partial charge in [0.25, 0.3) is 8.32 Å². The second-order valence-electron chi connectivity index (χ2n) is 8.52. The molecule has 0 aromatic rings. The Morgan fingerprint density at radius 2 is 1.62 bits per heavy atom. The van der Waals surface area contributed by atoms with Gasteiger partial charge in [0.05, 0.1) is 6.11 Å². The van der Waals surface area contributed by atoms with Crippen molar-refractivity contribution >= 4 is 8.32 Å². The third kappa shape index (κ3) is 6.52. The van der Waals surface area contributed by atoms with Crippen LogP contribution >= 0.6 is 0 Å². The van der Waals surface area contributed by atoms with Crippen molar-refractivity contribution in [3.8, 4) is 12.0 Å². The van der Waals surface area contributed by atoms with Crippen molar-refractivity contribution in [2.75, 3.05) is 0 Å². The molecule has 24 heavy (non-hydrogen) atoms. The lowest BCUT2D eigenvalue weighted by atomic mass is 9.80. The van der Waals surface area contributed by atoms with Gasteiger partial charge in [0.15, 0.2) is 0 Å². The van der Waals surface area contributed by atoms with E-state index in [9.17, 15) is 0 Å². The third-order valence-electron chi connectivity index (χ3n) is 5.12. The molecule has 0 heterocycles. The van der Waals surface area contributed by atoms with Crippen molar-refractivity contribution in [3.05, 3.63) is 24.8 Å². The average molecular weight is 349 g/mol. The molecule has 1 atom stereocenters. The highest BCUT2D eigenvalue weighted by Crippen LogP contribution is 2.42. The summed E-state index contributed by atoms with van der Waals surface area (Å²) in [6.07, 6.45) is 9.31. The monoisotopic (exact) mass is 348 g/mol. The predicted molar refractivity (Wildman–Crippen MR) is 111 cm³/mol. The van der Waals surface area contributed by atoms with Crippen LogP contribution in [-0.2, 0) is 4.43 Å². The van der Waals surface area contributed by atoms with Crippen molar-refractivity contribution in [3.63, 3.8) is 0 Å². The van der Waals surface area contributed by atoms with Crippen LogP contribution in [0.2, 0.25) is 16.6 Å². The van der Waals surface area contributed by atoms with Gasteiger partial charge in [-0.2, -0.15) is 0 Å². The summed E-state index contributed by atoms with van der Waals surface area (Å²) in [5, 5.41) is 0. The minimum Gasteiger partial charge on any atom is -0.500 e. The minimum absolute atomic E-state index is 0.0556. The highest BCUT2D eigenvalue weighted by Gasteiger charge is 2.47. The maximum absolute atomic E-state index is 6.43. The van der Waals surface area contributed by atoms with Gasteiger partial charge in [-0.1, -0.05) is 59.1 Å². The minimum atomic E-state index is -1.92. The Labute approximate surface area is 153 Å². The number of hydrogen-bond donors (Lipinski definition) is 0. The first kappa shape index (κ1) is 23.1. The summed E-state index contributed by atoms with van der Waals surface area (Å²) in [4.78, 5) is 0. The molecule has 0 aromatic carbocycles. The first-order chi connectivity index (χ1) is 11.0. The highest BCUT2D eigenvalue weighted by molar-refractivity contribution is 6.77. The molecule has 0 radical (unpaired) electrons. The van der Waals surface area contributed by atoms with Crippen molar-refractivity contribution in [2.45, 2.75) is 97.7 Å². The molecule has 1 nitrogen and oxygen atoms in total. The second kappa shape index (κ2) is 10.1. The Bertz CT molecular complexity index is 442. The number of unbranched alkanes of at least 4 members (excludes halogenated alkanes) is 1. The van der Waals surface area contributed by atoms with E-state index in [0.29, 0.717) is 16.6 Å². The lowest BCUT2D eigenvalue weighted by Gasteiger charge is -2.39. The van der Waals surface area contributed by atoms with Crippen LogP contribution in [0.1, 0.15) is 81.1 Å². The fourth-order valence-corrected chi connectivity index (χ4v) is 9.02. The third-order valence-corrected chi connectivity index (χ3v) is 11.0. The summed E-state index contributed by atoms with van der Waals surface area (Å²) >= 11 is 0. The molecule has 0 saturated carbocycles. The SMILES string of the molecule is C=CCCCC(C)(C#CO[Si](C(C)C)(C(C)C)C(C)C)CC(=C)C. The molecule has 138 valence electrons. The van der Waals surface area contributed by atoms with Crippen molar-refractivity contribution in [1.29, 1.82) is 0 Å². The van der Waals surface area contributed by atoms with Crippen LogP contribution in [0.5, 0.6) is 0 Å². The summed E-state index contributed by atoms with van der Waals surface area (Å²) in [5.74, 6) is 3.47. The first-order valence-electron chi connectivity index (χ1n) is 9.47. The van der Waals surface area contributed by atoms with Crippen molar-refractivity contribution in [1.82, 2.24) is 0 Å². The Morgan fingerprint density at radius 3 is 2.00 bits per heavy atom. The summed E-state index contributed by atoms with van der Waals surface area (Å²) in [7, 11) is -1.92. The number of hydrogen-bond acceptors (Lipinski definition) is 1. The molecular formula is C22H40OSi. The number of rotatable bonds is 10. The molecule has 0 aromatic heterocycles. The van der Waals surface area contributed by atoms with Gasteiger partial charge in [-0.25, -0.2) is 0 Å². The van der Waals surface area contributed by atoms with E-state index < -0.39 is 8.32 Å². The van der Waals surface area contributed by atoms with Crippen LogP contribution < -0.4 is 0 Å². The molecule has 0 bridgehead atoms. The van der Waals surface area contributed by atoms with E-state index in [1.807, 2.05) is 6.08 Å². The zero-order valence-electron chi connectivity index (χ0n) is 17.5. The summed E-state index contributed by atoms with van der Waals surface area (Å²) in [6, 6.07) is 0. The zero-order chi connectivity index (χ0) is 19.0. The second-order valence-corrected chi connectivity index (χ2v) is 13.9. The first-order valence-corrected chi connectivity index (χ1v) is 11.6. The predicted octanol–water partition coefficient (Wildman–Crippen LogP) is 7.47. The maximum Gasteiger partial charge on any atom is 0.272 e. The molecule has 0 spiro atoms. The Kier molecular flexibility index (Phi) is 9.74. The van der Waals surface area contributed by atoms with Gasteiger partial charge in [0, 0.05) is 5.41 Å². The van der Waals surface area contributed by atoms with Gasteiger partial charge in [-0.15, -0.1) is 13.2 Å². The van der Waals surface area contributed by atoms with Gasteiger partial charge in [0.2, 0.25) is 0 Å². The van der Waals surface area contributed by atoms with Crippen LogP contribution in [-0.4, -0.2) is 8.32 Å². The molecule has 0 aliphatic carbocycles. The van der Waals surface area contributed by atoms with Crippen molar-refractivity contribution < 1.29 is 4.43 Å². The van der Waals surface area contributed by atoms with Crippen molar-refractivity contribution in [2.24, 2.45) is 5.41 Å². The summed E-state index contributed by atoms with van der Waals surface area (Å²) in [6.45, 7) is 26.0. The molecule has 0 fully saturated rings. The Balaban J connectivity index is 5.41. The molecule has 2 heteroatoms. The van der Waals surface area contributed by atoms with E-state index in [4.69, 9.17) is 4.43 Å². The molecule has 1 unspecified atom stereocenters. The molecule has 0 amide bonds. The molecular weight excluding hydrogens is 308 g/mol. The smallest absolute Gasteiger partial charge is 0.272 e. The van der Waals surface area contributed by atoms with Crippen LogP contribution in [0.15, 0.2) is 24.8 Å². The van der Waals surface area contributed by atoms with Gasteiger partial charge in [-0.3, -0.25) is 0 Å². The van der Waals surface area contributed by atoms with E-state index in [0.717, 1.165) is 25.7 Å². The lowest BCUT2D eigenvalue weighted by molar-refractivity contribution is 0.385. The molecule has 0 aliphatic rings. The molecule has 0 saturated heterocycles. The largest absolute Gasteiger partial charge is 0.500 e. The topological polar surface area (TPSA) is 9.23 Å². The van der Waals surface area contributed by atoms with E-state index >= 15 is 0 Å². The highest BCUT2D eigenvalue weighted by atomic mass is 28.4. The van der Waals surface area contributed by atoms with Gasteiger partial charge in [-0.05, 0) is 56.2 Å². The lowest BCUT2D eigenvalue weighted by Crippen LogP contribution is -2.46. The van der Waals surface area contributed by atoms with Gasteiger partial charge >= 0.3 is 0 Å². The van der Waals surface area contributed by atoms with E-state index in [2.05, 4.69) is 80.6 Å². The Hall–Kier alpha value is -0.943. The Morgan fingerprint density at radius 1 is 1.12 bits per heavy atom. The van der Waals surface area contributed by atoms with Crippen LogP contribution in [0, 0.1) is 17.4 Å². The van der Waals surface area contributed by atoms with E-state index in [1.54, 1.807) is 0 Å². The maximum atomic E-state index is 6.43. The fraction of sp³-hybridized carbons (Fsp3) is 0.727. The van der Waals surface area contributed by atoms with Gasteiger partial charge < -0.3 is 4.43 Å². The average Bonchev–Trinajstić information content (AvgIpc) is 2.41. The molecule has 0 N–H and O–H groups in total. The van der Waals surface area contributed by atoms with Crippen LogP contribution in [0.25, 0.3) is 0 Å². The normalized spacial score (nSPS) is 14.3. The molecule has 0 rings (SSSR count). The fourth-order valence-electron chi connectivity index (χ4n) is 4.09. The van der Waals surface area contributed by atoms with Crippen LogP contribution in [0.3, 0.4) is 0 Å².